The monoisotopic (exact) mass is 313 g/mol. The Morgan fingerprint density at radius 2 is 2.24 bits per heavy atom. The standard InChI is InChI=1S/C11H8BrNO3S/c12-7-4-8(17-6-7)5-13-9(11(15)16)2-1-3-10(13)14/h1-4,6H,5H2,(H,15,16). The van der Waals surface area contributed by atoms with Gasteiger partial charge in [0.15, 0.2) is 0 Å². The number of pyridine rings is 1. The lowest BCUT2D eigenvalue weighted by Gasteiger charge is -2.07. The molecule has 2 aromatic heterocycles. The minimum atomic E-state index is -1.10. The molecule has 2 heterocycles. The first-order valence-electron chi connectivity index (χ1n) is 4.74. The van der Waals surface area contributed by atoms with Crippen LogP contribution < -0.4 is 5.56 Å². The lowest BCUT2D eigenvalue weighted by Crippen LogP contribution is -2.25. The highest BCUT2D eigenvalue weighted by molar-refractivity contribution is 9.10. The molecule has 0 unspecified atom stereocenters. The van der Waals surface area contributed by atoms with Gasteiger partial charge >= 0.3 is 5.97 Å². The van der Waals surface area contributed by atoms with Crippen LogP contribution in [0.15, 0.2) is 38.9 Å². The molecule has 0 atom stereocenters. The fourth-order valence-electron chi connectivity index (χ4n) is 1.46. The van der Waals surface area contributed by atoms with E-state index >= 15 is 0 Å². The highest BCUT2D eigenvalue weighted by Crippen LogP contribution is 2.20. The van der Waals surface area contributed by atoms with E-state index < -0.39 is 5.97 Å². The second-order valence-electron chi connectivity index (χ2n) is 3.37. The first-order valence-corrected chi connectivity index (χ1v) is 6.41. The number of hydrogen-bond acceptors (Lipinski definition) is 3. The summed E-state index contributed by atoms with van der Waals surface area (Å²) in [5, 5.41) is 10.9. The van der Waals surface area contributed by atoms with Crippen LogP contribution in [0, 0.1) is 0 Å². The van der Waals surface area contributed by atoms with Gasteiger partial charge in [0.1, 0.15) is 5.69 Å². The minimum absolute atomic E-state index is 0.00187. The Morgan fingerprint density at radius 3 is 2.82 bits per heavy atom. The number of rotatable bonds is 3. The summed E-state index contributed by atoms with van der Waals surface area (Å²) in [4.78, 5) is 23.6. The number of aromatic carboxylic acids is 1. The van der Waals surface area contributed by atoms with Gasteiger partial charge in [0.25, 0.3) is 5.56 Å². The molecular weight excluding hydrogens is 306 g/mol. The summed E-state index contributed by atoms with van der Waals surface area (Å²) < 4.78 is 2.18. The van der Waals surface area contributed by atoms with Crippen molar-refractivity contribution in [3.05, 3.63) is 55.0 Å². The Hall–Kier alpha value is -1.40. The van der Waals surface area contributed by atoms with Crippen LogP contribution in [0.4, 0.5) is 0 Å². The van der Waals surface area contributed by atoms with Crippen molar-refractivity contribution < 1.29 is 9.90 Å². The normalized spacial score (nSPS) is 10.4. The van der Waals surface area contributed by atoms with Gasteiger partial charge in [-0.25, -0.2) is 4.79 Å². The van der Waals surface area contributed by atoms with E-state index in [2.05, 4.69) is 15.9 Å². The molecule has 0 aliphatic heterocycles. The SMILES string of the molecule is O=C(O)c1cccc(=O)n1Cc1cc(Br)cs1. The maximum absolute atomic E-state index is 11.6. The summed E-state index contributed by atoms with van der Waals surface area (Å²) in [5.74, 6) is -1.10. The minimum Gasteiger partial charge on any atom is -0.477 e. The molecule has 17 heavy (non-hydrogen) atoms. The van der Waals surface area contributed by atoms with Crippen molar-refractivity contribution in [3.63, 3.8) is 0 Å². The molecule has 2 aromatic rings. The van der Waals surface area contributed by atoms with Crippen LogP contribution in [0.2, 0.25) is 0 Å². The number of halogens is 1. The molecule has 0 fully saturated rings. The molecule has 0 bridgehead atoms. The van der Waals surface area contributed by atoms with E-state index in [0.717, 1.165) is 9.35 Å². The molecule has 0 aliphatic carbocycles. The summed E-state index contributed by atoms with van der Waals surface area (Å²) in [7, 11) is 0. The molecular formula is C11H8BrNO3S. The number of nitrogens with zero attached hydrogens (tertiary/aromatic N) is 1. The van der Waals surface area contributed by atoms with Crippen LogP contribution in [0.1, 0.15) is 15.4 Å². The van der Waals surface area contributed by atoms with E-state index in [-0.39, 0.29) is 17.8 Å². The van der Waals surface area contributed by atoms with Crippen LogP contribution in [0.3, 0.4) is 0 Å². The first kappa shape index (κ1) is 12.1. The quantitative estimate of drug-likeness (QED) is 0.946. The smallest absolute Gasteiger partial charge is 0.352 e. The number of carbonyl (C=O) groups is 1. The van der Waals surface area contributed by atoms with Crippen molar-refractivity contribution in [1.82, 2.24) is 4.57 Å². The highest BCUT2D eigenvalue weighted by atomic mass is 79.9. The van der Waals surface area contributed by atoms with Crippen LogP contribution in [-0.4, -0.2) is 15.6 Å². The van der Waals surface area contributed by atoms with E-state index in [0.29, 0.717) is 0 Å². The topological polar surface area (TPSA) is 59.3 Å². The summed E-state index contributed by atoms with van der Waals surface area (Å²) in [5.41, 5.74) is -0.309. The van der Waals surface area contributed by atoms with Crippen molar-refractivity contribution in [1.29, 1.82) is 0 Å². The fourth-order valence-corrected chi connectivity index (χ4v) is 2.90. The van der Waals surface area contributed by atoms with Gasteiger partial charge in [-0.05, 0) is 28.1 Å². The summed E-state index contributed by atoms with van der Waals surface area (Å²) in [6, 6.07) is 6.10. The second kappa shape index (κ2) is 4.85. The summed E-state index contributed by atoms with van der Waals surface area (Å²) in [6.45, 7) is 0.275. The molecule has 0 aliphatic rings. The number of aromatic nitrogens is 1. The molecule has 6 heteroatoms. The third-order valence-corrected chi connectivity index (χ3v) is 3.89. The molecule has 88 valence electrons. The van der Waals surface area contributed by atoms with E-state index in [1.165, 1.54) is 34.1 Å². The Balaban J connectivity index is 2.44. The Bertz CT molecular complexity index is 617. The maximum atomic E-state index is 11.6. The number of thiophene rings is 1. The van der Waals surface area contributed by atoms with E-state index in [1.54, 1.807) is 0 Å². The van der Waals surface area contributed by atoms with Crippen LogP contribution in [0.25, 0.3) is 0 Å². The van der Waals surface area contributed by atoms with E-state index in [9.17, 15) is 9.59 Å². The zero-order chi connectivity index (χ0) is 12.4. The van der Waals surface area contributed by atoms with Gasteiger partial charge in [0, 0.05) is 20.8 Å². The second-order valence-corrected chi connectivity index (χ2v) is 5.28. The van der Waals surface area contributed by atoms with Crippen molar-refractivity contribution >= 4 is 33.2 Å². The van der Waals surface area contributed by atoms with Gasteiger partial charge in [0.05, 0.1) is 6.54 Å². The summed E-state index contributed by atoms with van der Waals surface area (Å²) in [6.07, 6.45) is 0. The molecule has 0 saturated carbocycles. The Kier molecular flexibility index (Phi) is 3.44. The molecule has 0 saturated heterocycles. The average Bonchev–Trinajstić information content (AvgIpc) is 2.67. The third-order valence-electron chi connectivity index (χ3n) is 2.20. The predicted octanol–water partition coefficient (Wildman–Crippen LogP) is 2.42. The zero-order valence-corrected chi connectivity index (χ0v) is 11.0. The van der Waals surface area contributed by atoms with Gasteiger partial charge in [-0.2, -0.15) is 0 Å². The highest BCUT2D eigenvalue weighted by Gasteiger charge is 2.11. The van der Waals surface area contributed by atoms with Crippen molar-refractivity contribution in [2.45, 2.75) is 6.54 Å². The van der Waals surface area contributed by atoms with E-state index in [1.807, 2.05) is 11.4 Å². The van der Waals surface area contributed by atoms with Gasteiger partial charge in [-0.1, -0.05) is 6.07 Å². The largest absolute Gasteiger partial charge is 0.477 e. The molecule has 2 rings (SSSR count). The molecule has 0 amide bonds. The fraction of sp³-hybridized carbons (Fsp3) is 0.0909. The van der Waals surface area contributed by atoms with Crippen LogP contribution >= 0.6 is 27.3 Å². The Labute approximate surface area is 109 Å². The lowest BCUT2D eigenvalue weighted by atomic mass is 10.3. The molecule has 0 spiro atoms. The zero-order valence-electron chi connectivity index (χ0n) is 8.59. The average molecular weight is 314 g/mol. The summed E-state index contributed by atoms with van der Waals surface area (Å²) >= 11 is 4.79. The number of hydrogen-bond donors (Lipinski definition) is 1. The molecule has 1 N–H and O–H groups in total. The van der Waals surface area contributed by atoms with Crippen LogP contribution in [-0.2, 0) is 6.54 Å². The molecule has 0 radical (unpaired) electrons. The van der Waals surface area contributed by atoms with Crippen molar-refractivity contribution in [3.8, 4) is 0 Å². The van der Waals surface area contributed by atoms with E-state index in [4.69, 9.17) is 5.11 Å². The van der Waals surface area contributed by atoms with Gasteiger partial charge in [-0.3, -0.25) is 9.36 Å². The maximum Gasteiger partial charge on any atom is 0.352 e. The van der Waals surface area contributed by atoms with Gasteiger partial charge in [-0.15, -0.1) is 11.3 Å². The molecule has 4 nitrogen and oxygen atoms in total. The van der Waals surface area contributed by atoms with Gasteiger partial charge < -0.3 is 5.11 Å². The number of carboxylic acid groups (broad SMARTS) is 1. The van der Waals surface area contributed by atoms with Crippen LogP contribution in [0.5, 0.6) is 0 Å². The van der Waals surface area contributed by atoms with Crippen molar-refractivity contribution in [2.75, 3.05) is 0 Å². The number of carboxylic acids is 1. The lowest BCUT2D eigenvalue weighted by molar-refractivity contribution is 0.0684. The van der Waals surface area contributed by atoms with Crippen molar-refractivity contribution in [2.24, 2.45) is 0 Å². The Morgan fingerprint density at radius 1 is 1.47 bits per heavy atom. The third kappa shape index (κ3) is 2.65. The van der Waals surface area contributed by atoms with Gasteiger partial charge in [0.2, 0.25) is 0 Å². The molecule has 0 aromatic carbocycles. The first-order chi connectivity index (χ1) is 8.08. The predicted molar refractivity (Wildman–Crippen MR) is 68.8 cm³/mol.